The second-order valence-electron chi connectivity index (χ2n) is 14.8. The van der Waals surface area contributed by atoms with Crippen LogP contribution in [0.2, 0.25) is 0 Å². The van der Waals surface area contributed by atoms with E-state index in [4.69, 9.17) is 13.8 Å². The number of aliphatic hydroxyl groups is 1. The lowest BCUT2D eigenvalue weighted by molar-refractivity contribution is -0.228. The number of nitrogens with zero attached hydrogens (tertiary/aromatic N) is 2. The van der Waals surface area contributed by atoms with Gasteiger partial charge in [0.1, 0.15) is 18.1 Å². The van der Waals surface area contributed by atoms with Crippen molar-refractivity contribution in [3.8, 4) is 11.5 Å². The molecule has 11 nitrogen and oxygen atoms in total. The first kappa shape index (κ1) is 36.7. The molecule has 3 aliphatic heterocycles. The molecule has 3 aromatic carbocycles. The third-order valence-electron chi connectivity index (χ3n) is 11.0. The van der Waals surface area contributed by atoms with Gasteiger partial charge in [-0.15, -0.1) is 0 Å². The highest BCUT2D eigenvalue weighted by Gasteiger charge is 2.46. The number of sulfonamides is 1. The number of hydrogen-bond donors (Lipinski definition) is 2. The topological polar surface area (TPSA) is 140 Å². The Hall–Kier alpha value is -3.09. The minimum atomic E-state index is -4.47. The molecule has 0 aromatic heterocycles. The summed E-state index contributed by atoms with van der Waals surface area (Å²) in [6, 6.07) is 15.3. The average Bonchev–Trinajstić information content (AvgIpc) is 3.34. The highest BCUT2D eigenvalue weighted by Crippen LogP contribution is 2.50. The molecule has 270 valence electrons. The van der Waals surface area contributed by atoms with Crippen LogP contribution >= 0.6 is 7.82 Å². The molecule has 3 aromatic rings. The van der Waals surface area contributed by atoms with Gasteiger partial charge in [0.25, 0.3) is 7.82 Å². The molecule has 0 fully saturated rings. The molecule has 0 amide bonds. The van der Waals surface area contributed by atoms with E-state index in [2.05, 4.69) is 67.9 Å². The van der Waals surface area contributed by atoms with E-state index in [1.54, 1.807) is 26.0 Å². The Morgan fingerprint density at radius 3 is 2.40 bits per heavy atom. The molecule has 3 aliphatic rings. The smallest absolute Gasteiger partial charge is 0.268 e. The standard InChI is InChI=1S/C37H48N3O8PS/c1-22(2)48-49(42,43)46-17-15-40-24(4)37(7,8)29-19-27-33(21-31(29)40)47-32-20-30-28(36(5,6)23(3)39(30)14-16-41)18-26(32)35(27)25-12-10-11-13-34(25)50(44,45)38-9/h10-13,18-24,38,41H,14-17H2,1-9H3. The van der Waals surface area contributed by atoms with Crippen LogP contribution in [-0.4, -0.2) is 65.1 Å². The zero-order valence-electron chi connectivity index (χ0n) is 30.2. The van der Waals surface area contributed by atoms with E-state index in [-0.39, 0.29) is 47.6 Å². The molecule has 2 N–H and O–H groups in total. The quantitative estimate of drug-likeness (QED) is 0.176. The lowest BCUT2D eigenvalue weighted by Gasteiger charge is -2.31. The number of aliphatic hydroxyl groups excluding tert-OH is 1. The first-order valence-corrected chi connectivity index (χ1v) is 20.0. The number of phosphoric ester groups is 1. The van der Waals surface area contributed by atoms with Gasteiger partial charge >= 0.3 is 0 Å². The van der Waals surface area contributed by atoms with Gasteiger partial charge in [-0.3, -0.25) is 4.57 Å². The summed E-state index contributed by atoms with van der Waals surface area (Å²) >= 11 is 0. The summed E-state index contributed by atoms with van der Waals surface area (Å²) in [5.74, 6) is 1.13. The van der Waals surface area contributed by atoms with E-state index < -0.39 is 23.9 Å². The van der Waals surface area contributed by atoms with E-state index in [0.29, 0.717) is 23.6 Å². The summed E-state index contributed by atoms with van der Waals surface area (Å²) in [6.07, 6.45) is -0.528. The highest BCUT2D eigenvalue weighted by atomic mass is 32.2. The van der Waals surface area contributed by atoms with Gasteiger partial charge in [0, 0.05) is 57.2 Å². The number of phosphoric acid groups is 1. The number of ether oxygens (including phenoxy) is 1. The summed E-state index contributed by atoms with van der Waals surface area (Å²) in [4.78, 5) is 14.7. The fraction of sp³-hybridized carbons (Fsp3) is 0.486. The number of anilines is 1. The van der Waals surface area contributed by atoms with Crippen LogP contribution in [-0.2, 0) is 34.5 Å². The molecule has 0 bridgehead atoms. The predicted octanol–water partition coefficient (Wildman–Crippen LogP) is 3.51. The van der Waals surface area contributed by atoms with Gasteiger partial charge in [0.15, 0.2) is 12.6 Å². The summed E-state index contributed by atoms with van der Waals surface area (Å²) in [6.45, 7) is 16.8. The van der Waals surface area contributed by atoms with Crippen molar-refractivity contribution in [3.63, 3.8) is 0 Å². The average molecular weight is 726 g/mol. The van der Waals surface area contributed by atoms with E-state index in [1.165, 1.54) is 7.05 Å². The van der Waals surface area contributed by atoms with Gasteiger partial charge in [-0.1, -0.05) is 32.0 Å². The molecule has 50 heavy (non-hydrogen) atoms. The maximum atomic E-state index is 13.5. The number of hydrogen-bond acceptors (Lipinski definition) is 9. The van der Waals surface area contributed by atoms with Crippen LogP contribution < -0.4 is 34.4 Å². The van der Waals surface area contributed by atoms with Crippen molar-refractivity contribution in [1.82, 2.24) is 9.30 Å². The minimum absolute atomic E-state index is 0.00167. The highest BCUT2D eigenvalue weighted by molar-refractivity contribution is 7.89. The number of benzene rings is 3. The second-order valence-corrected chi connectivity index (χ2v) is 18.0. The van der Waals surface area contributed by atoms with Crippen LogP contribution in [0, 0.1) is 0 Å². The van der Waals surface area contributed by atoms with Crippen molar-refractivity contribution in [1.29, 1.82) is 0 Å². The lowest BCUT2D eigenvalue weighted by atomic mass is 9.78. The Morgan fingerprint density at radius 2 is 1.74 bits per heavy atom. The van der Waals surface area contributed by atoms with Gasteiger partial charge in [-0.25, -0.2) is 17.7 Å². The predicted molar refractivity (Wildman–Crippen MR) is 192 cm³/mol. The Morgan fingerprint density at radius 1 is 1.04 bits per heavy atom. The fourth-order valence-corrected chi connectivity index (χ4v) is 9.52. The van der Waals surface area contributed by atoms with Gasteiger partial charge in [0.05, 0.1) is 29.1 Å². The number of β-amino-alcohol motifs (C(OH)–C–C–N with tert-alkyl or cyclic N) is 1. The zero-order chi connectivity index (χ0) is 36.6. The number of fused-ring (bicyclic) bond motifs is 4. The van der Waals surface area contributed by atoms with Gasteiger partial charge in [-0.05, 0) is 72.4 Å². The molecule has 0 spiro atoms. The zero-order valence-corrected chi connectivity index (χ0v) is 31.9. The Balaban J connectivity index is 1.63. The first-order valence-electron chi connectivity index (χ1n) is 17.1. The van der Waals surface area contributed by atoms with Crippen LogP contribution in [0.5, 0.6) is 11.5 Å². The molecule has 6 rings (SSSR count). The van der Waals surface area contributed by atoms with Gasteiger partial charge in [0.2, 0.25) is 15.4 Å². The molecular weight excluding hydrogens is 677 g/mol. The molecule has 3 unspecified atom stereocenters. The third kappa shape index (κ3) is 6.02. The number of nitrogens with one attached hydrogen (secondary N) is 1. The van der Waals surface area contributed by atoms with E-state index >= 15 is 0 Å². The SMILES string of the molecule is CNS(=O)(=O)c1ccccc1C1=c2cc3c(cc2Oc2cc4c(cc21)C(C)(C)C(C)N4CCO)=[N+](CCOP(=O)([O-])OC(C)C)C(C)C3(C)C. The number of rotatable bonds is 11. The van der Waals surface area contributed by atoms with Crippen molar-refractivity contribution in [2.75, 3.05) is 38.3 Å². The van der Waals surface area contributed by atoms with E-state index in [1.807, 2.05) is 24.3 Å². The maximum absolute atomic E-state index is 13.5. The van der Waals surface area contributed by atoms with Gasteiger partial charge in [-0.2, -0.15) is 0 Å². The van der Waals surface area contributed by atoms with Crippen LogP contribution in [0.15, 0.2) is 53.4 Å². The molecule has 0 saturated carbocycles. The summed E-state index contributed by atoms with van der Waals surface area (Å²) < 4.78 is 60.9. The molecule has 0 aliphatic carbocycles. The van der Waals surface area contributed by atoms with Crippen LogP contribution in [0.1, 0.15) is 77.6 Å². The van der Waals surface area contributed by atoms with Crippen molar-refractivity contribution in [3.05, 3.63) is 81.4 Å². The molecule has 3 atom stereocenters. The Bertz CT molecular complexity index is 2150. The monoisotopic (exact) mass is 725 g/mol. The van der Waals surface area contributed by atoms with Crippen LogP contribution in [0.4, 0.5) is 5.69 Å². The molecule has 0 radical (unpaired) electrons. The lowest BCUT2D eigenvalue weighted by Crippen LogP contribution is -2.40. The van der Waals surface area contributed by atoms with Gasteiger partial charge < -0.3 is 28.7 Å². The Kier molecular flexibility index (Phi) is 9.43. The second kappa shape index (κ2) is 12.8. The van der Waals surface area contributed by atoms with Crippen molar-refractivity contribution in [2.45, 2.75) is 89.3 Å². The van der Waals surface area contributed by atoms with Crippen molar-refractivity contribution < 1.29 is 36.8 Å². The van der Waals surface area contributed by atoms with Crippen LogP contribution in [0.3, 0.4) is 0 Å². The van der Waals surface area contributed by atoms with E-state index in [0.717, 1.165) is 38.5 Å². The summed E-state index contributed by atoms with van der Waals surface area (Å²) in [5, 5.41) is 11.6. The normalized spacial score (nSPS) is 21.4. The van der Waals surface area contributed by atoms with Crippen molar-refractivity contribution in [2.24, 2.45) is 0 Å². The molecular formula is C37H48N3O8PS. The first-order chi connectivity index (χ1) is 23.4. The van der Waals surface area contributed by atoms with Crippen molar-refractivity contribution >= 4 is 29.1 Å². The Labute approximate surface area is 294 Å². The maximum Gasteiger partial charge on any atom is 0.268 e. The summed E-state index contributed by atoms with van der Waals surface area (Å²) in [5.41, 5.74) is 4.52. The third-order valence-corrected chi connectivity index (χ3v) is 13.6. The summed E-state index contributed by atoms with van der Waals surface area (Å²) in [7, 11) is -6.92. The van der Waals surface area contributed by atoms with Crippen LogP contribution in [0.25, 0.3) is 5.57 Å². The molecule has 3 heterocycles. The molecule has 13 heteroatoms. The minimum Gasteiger partial charge on any atom is -0.756 e. The fourth-order valence-electron chi connectivity index (χ4n) is 7.70. The van der Waals surface area contributed by atoms with E-state index in [9.17, 15) is 23.0 Å². The molecule has 0 saturated heterocycles. The largest absolute Gasteiger partial charge is 0.756 e.